The highest BCUT2D eigenvalue weighted by atomic mass is 31.2. The van der Waals surface area contributed by atoms with Crippen LogP contribution in [-0.4, -0.2) is 13.3 Å². The fourth-order valence-corrected chi connectivity index (χ4v) is 3.88. The second-order valence-corrected chi connectivity index (χ2v) is 8.06. The van der Waals surface area contributed by atoms with Gasteiger partial charge in [-0.3, -0.25) is 0 Å². The lowest BCUT2D eigenvalue weighted by atomic mass is 10.4. The van der Waals surface area contributed by atoms with Crippen molar-refractivity contribution in [1.82, 2.24) is 0 Å². The first-order valence-electron chi connectivity index (χ1n) is 5.16. The lowest BCUT2D eigenvalue weighted by Crippen LogP contribution is -2.19. The van der Waals surface area contributed by atoms with Crippen molar-refractivity contribution in [2.75, 3.05) is 13.3 Å². The van der Waals surface area contributed by atoms with Gasteiger partial charge < -0.3 is 0 Å². The standard InChI is InChI=1S/C14H16P/c1-15(2,13-9-5-3-6-10-13)14-11-7-4-8-12-14/h3-12H,1-2H3/q+1. The molecule has 0 nitrogen and oxygen atoms in total. The van der Waals surface area contributed by atoms with Gasteiger partial charge in [0.25, 0.3) is 0 Å². The predicted octanol–water partition coefficient (Wildman–Crippen LogP) is 2.91. The van der Waals surface area contributed by atoms with Crippen LogP contribution in [0.15, 0.2) is 60.7 Å². The molecule has 0 radical (unpaired) electrons. The first-order chi connectivity index (χ1) is 7.21. The van der Waals surface area contributed by atoms with Crippen LogP contribution in [-0.2, 0) is 0 Å². The van der Waals surface area contributed by atoms with Crippen LogP contribution >= 0.6 is 7.26 Å². The Morgan fingerprint density at radius 1 is 0.600 bits per heavy atom. The molecule has 0 aliphatic carbocycles. The molecule has 0 aliphatic heterocycles. The first-order valence-corrected chi connectivity index (χ1v) is 7.85. The van der Waals surface area contributed by atoms with E-state index in [4.69, 9.17) is 0 Å². The van der Waals surface area contributed by atoms with E-state index >= 15 is 0 Å². The molecule has 1 heteroatoms. The minimum atomic E-state index is -1.15. The average Bonchev–Trinajstić information content (AvgIpc) is 2.31. The van der Waals surface area contributed by atoms with Crippen molar-refractivity contribution in [3.8, 4) is 0 Å². The van der Waals surface area contributed by atoms with Crippen molar-refractivity contribution in [2.45, 2.75) is 0 Å². The van der Waals surface area contributed by atoms with Crippen molar-refractivity contribution >= 4 is 17.9 Å². The molecule has 0 atom stereocenters. The van der Waals surface area contributed by atoms with Crippen LogP contribution in [0.5, 0.6) is 0 Å². The van der Waals surface area contributed by atoms with Crippen LogP contribution in [0.3, 0.4) is 0 Å². The molecule has 0 aliphatic rings. The minimum Gasteiger partial charge on any atom is -0.0620 e. The Kier molecular flexibility index (Phi) is 2.88. The summed E-state index contributed by atoms with van der Waals surface area (Å²) in [6.07, 6.45) is 0. The quantitative estimate of drug-likeness (QED) is 0.676. The molecule has 0 aromatic heterocycles. The Bertz CT molecular complexity index is 376. The summed E-state index contributed by atoms with van der Waals surface area (Å²) in [7, 11) is -1.15. The van der Waals surface area contributed by atoms with Crippen molar-refractivity contribution < 1.29 is 0 Å². The molecule has 0 bridgehead atoms. The molecule has 0 fully saturated rings. The summed E-state index contributed by atoms with van der Waals surface area (Å²) in [6.45, 7) is 4.75. The third kappa shape index (κ3) is 2.11. The maximum absolute atomic E-state index is 2.37. The maximum atomic E-state index is 2.37. The smallest absolute Gasteiger partial charge is 0.0620 e. The number of hydrogen-bond donors (Lipinski definition) is 0. The third-order valence-corrected chi connectivity index (χ3v) is 5.98. The van der Waals surface area contributed by atoms with Crippen LogP contribution in [0.2, 0.25) is 0 Å². The van der Waals surface area contributed by atoms with E-state index in [-0.39, 0.29) is 0 Å². The van der Waals surface area contributed by atoms with E-state index in [0.717, 1.165) is 0 Å². The number of rotatable bonds is 2. The van der Waals surface area contributed by atoms with Gasteiger partial charge in [0.05, 0.1) is 31.2 Å². The van der Waals surface area contributed by atoms with E-state index in [1.807, 2.05) is 0 Å². The monoisotopic (exact) mass is 215 g/mol. The maximum Gasteiger partial charge on any atom is 0.0985 e. The molecule has 2 aromatic rings. The largest absolute Gasteiger partial charge is 0.0985 e. The normalized spacial score (nSPS) is 11.3. The molecule has 0 unspecified atom stereocenters. The highest BCUT2D eigenvalue weighted by Crippen LogP contribution is 2.48. The Balaban J connectivity index is 2.44. The summed E-state index contributed by atoms with van der Waals surface area (Å²) >= 11 is 0. The third-order valence-electron chi connectivity index (χ3n) is 2.80. The Labute approximate surface area is 92.3 Å². The molecular formula is C14H16P+. The second kappa shape index (κ2) is 4.16. The van der Waals surface area contributed by atoms with Crippen LogP contribution in [0.4, 0.5) is 0 Å². The summed E-state index contributed by atoms with van der Waals surface area (Å²) in [5.74, 6) is 0. The Morgan fingerprint density at radius 2 is 0.933 bits per heavy atom. The lowest BCUT2D eigenvalue weighted by molar-refractivity contribution is 1.73. The molecule has 15 heavy (non-hydrogen) atoms. The van der Waals surface area contributed by atoms with Crippen LogP contribution in [0, 0.1) is 0 Å². The zero-order chi connectivity index (χ0) is 10.7. The molecule has 0 amide bonds. The van der Waals surface area contributed by atoms with Crippen molar-refractivity contribution in [2.24, 2.45) is 0 Å². The predicted molar refractivity (Wildman–Crippen MR) is 70.9 cm³/mol. The van der Waals surface area contributed by atoms with Gasteiger partial charge >= 0.3 is 0 Å². The molecule has 2 aromatic carbocycles. The SMILES string of the molecule is C[P+](C)(c1ccccc1)c1ccccc1. The number of hydrogen-bond acceptors (Lipinski definition) is 0. The van der Waals surface area contributed by atoms with Gasteiger partial charge in [0.1, 0.15) is 0 Å². The van der Waals surface area contributed by atoms with E-state index in [0.29, 0.717) is 0 Å². The second-order valence-electron chi connectivity index (χ2n) is 4.12. The lowest BCUT2D eigenvalue weighted by Gasteiger charge is -2.17. The highest BCUT2D eigenvalue weighted by molar-refractivity contribution is 7.88. The zero-order valence-corrected chi connectivity index (χ0v) is 10.1. The van der Waals surface area contributed by atoms with Crippen LogP contribution < -0.4 is 10.6 Å². The van der Waals surface area contributed by atoms with E-state index < -0.39 is 7.26 Å². The Hall–Kier alpha value is -1.13. The van der Waals surface area contributed by atoms with Crippen molar-refractivity contribution in [1.29, 1.82) is 0 Å². The highest BCUT2D eigenvalue weighted by Gasteiger charge is 2.30. The summed E-state index contributed by atoms with van der Waals surface area (Å²) in [5.41, 5.74) is 0. The van der Waals surface area contributed by atoms with Gasteiger partial charge in [-0.15, -0.1) is 0 Å². The van der Waals surface area contributed by atoms with Gasteiger partial charge in [-0.1, -0.05) is 36.4 Å². The molecule has 2 rings (SSSR count). The minimum absolute atomic E-state index is 1.15. The van der Waals surface area contributed by atoms with Crippen LogP contribution in [0.25, 0.3) is 0 Å². The molecule has 0 saturated heterocycles. The summed E-state index contributed by atoms with van der Waals surface area (Å²) < 4.78 is 0. The topological polar surface area (TPSA) is 0 Å². The van der Waals surface area contributed by atoms with Gasteiger partial charge in [0, 0.05) is 0 Å². The van der Waals surface area contributed by atoms with Gasteiger partial charge in [0.15, 0.2) is 0 Å². The molecule has 0 N–H and O–H groups in total. The van der Waals surface area contributed by atoms with E-state index in [2.05, 4.69) is 74.0 Å². The zero-order valence-electron chi connectivity index (χ0n) is 9.22. The fraction of sp³-hybridized carbons (Fsp3) is 0.143. The van der Waals surface area contributed by atoms with Gasteiger partial charge in [-0.25, -0.2) is 0 Å². The first kappa shape index (κ1) is 10.4. The molecule has 0 heterocycles. The molecule has 0 saturated carbocycles. The van der Waals surface area contributed by atoms with Crippen molar-refractivity contribution in [3.05, 3.63) is 60.7 Å². The Morgan fingerprint density at radius 3 is 1.27 bits per heavy atom. The van der Waals surface area contributed by atoms with Crippen molar-refractivity contribution in [3.63, 3.8) is 0 Å². The number of benzene rings is 2. The molecule has 76 valence electrons. The fourth-order valence-electron chi connectivity index (χ4n) is 1.75. The van der Waals surface area contributed by atoms with Crippen LogP contribution in [0.1, 0.15) is 0 Å². The van der Waals surface area contributed by atoms with E-state index in [1.54, 1.807) is 0 Å². The van der Waals surface area contributed by atoms with Gasteiger partial charge in [-0.05, 0) is 24.3 Å². The van der Waals surface area contributed by atoms with E-state index in [1.165, 1.54) is 10.6 Å². The van der Waals surface area contributed by atoms with Gasteiger partial charge in [-0.2, -0.15) is 0 Å². The molecular weight excluding hydrogens is 199 g/mol. The summed E-state index contributed by atoms with van der Waals surface area (Å²) in [5, 5.41) is 2.94. The van der Waals surface area contributed by atoms with Gasteiger partial charge in [0.2, 0.25) is 0 Å². The molecule has 0 spiro atoms. The summed E-state index contributed by atoms with van der Waals surface area (Å²) in [4.78, 5) is 0. The van der Waals surface area contributed by atoms with E-state index in [9.17, 15) is 0 Å². The summed E-state index contributed by atoms with van der Waals surface area (Å²) in [6, 6.07) is 21.6. The average molecular weight is 215 g/mol.